The van der Waals surface area contributed by atoms with Gasteiger partial charge >= 0.3 is 0 Å². The van der Waals surface area contributed by atoms with Crippen molar-refractivity contribution in [3.63, 3.8) is 0 Å². The van der Waals surface area contributed by atoms with Gasteiger partial charge in [0, 0.05) is 18.5 Å². The second-order valence-corrected chi connectivity index (χ2v) is 5.41. The summed E-state index contributed by atoms with van der Waals surface area (Å²) in [6.07, 6.45) is 2.42. The van der Waals surface area contributed by atoms with Crippen LogP contribution in [0, 0.1) is 5.82 Å². The summed E-state index contributed by atoms with van der Waals surface area (Å²) in [5.41, 5.74) is 2.49. The highest BCUT2D eigenvalue weighted by Crippen LogP contribution is 2.17. The molecular weight excluding hydrogens is 307 g/mol. The predicted octanol–water partition coefficient (Wildman–Crippen LogP) is 3.38. The van der Waals surface area contributed by atoms with Crippen LogP contribution in [0.1, 0.15) is 11.3 Å². The maximum absolute atomic E-state index is 12.8. The summed E-state index contributed by atoms with van der Waals surface area (Å²) < 4.78 is 18.3. The third kappa shape index (κ3) is 4.29. The molecule has 0 fully saturated rings. The van der Waals surface area contributed by atoms with Crippen LogP contribution in [0.4, 0.5) is 4.39 Å². The average molecular weight is 324 g/mol. The molecule has 0 aliphatic heterocycles. The van der Waals surface area contributed by atoms with E-state index < -0.39 is 0 Å². The maximum atomic E-state index is 12.8. The molecular formula is C19H17FN2O2. The van der Waals surface area contributed by atoms with E-state index in [0.29, 0.717) is 18.9 Å². The van der Waals surface area contributed by atoms with Crippen LogP contribution >= 0.6 is 0 Å². The van der Waals surface area contributed by atoms with Crippen molar-refractivity contribution in [2.75, 3.05) is 6.54 Å². The molecule has 0 aliphatic carbocycles. The highest BCUT2D eigenvalue weighted by atomic mass is 19.1. The van der Waals surface area contributed by atoms with Crippen LogP contribution in [-0.4, -0.2) is 17.4 Å². The Labute approximate surface area is 139 Å². The molecule has 3 aromatic rings. The van der Waals surface area contributed by atoms with Gasteiger partial charge in [0.1, 0.15) is 12.1 Å². The molecule has 1 amide bonds. The Morgan fingerprint density at radius 3 is 2.58 bits per heavy atom. The Balaban J connectivity index is 1.47. The minimum atomic E-state index is -0.306. The van der Waals surface area contributed by atoms with Crippen LogP contribution in [0.3, 0.4) is 0 Å². The number of aromatic nitrogens is 1. The first-order valence-corrected chi connectivity index (χ1v) is 7.72. The number of nitrogens with one attached hydrogen (secondary N) is 1. The lowest BCUT2D eigenvalue weighted by atomic mass is 10.1. The molecule has 2 aromatic carbocycles. The van der Waals surface area contributed by atoms with Crippen molar-refractivity contribution in [2.24, 2.45) is 0 Å². The van der Waals surface area contributed by atoms with Crippen LogP contribution in [0.25, 0.3) is 11.5 Å². The fraction of sp³-hybridized carbons (Fsp3) is 0.158. The average Bonchev–Trinajstić information content (AvgIpc) is 3.07. The number of hydrogen-bond donors (Lipinski definition) is 1. The molecule has 4 nitrogen and oxygen atoms in total. The molecule has 0 aliphatic rings. The van der Waals surface area contributed by atoms with Crippen LogP contribution < -0.4 is 5.32 Å². The summed E-state index contributed by atoms with van der Waals surface area (Å²) in [7, 11) is 0. The van der Waals surface area contributed by atoms with Gasteiger partial charge in [-0.05, 0) is 29.8 Å². The smallest absolute Gasteiger partial charge is 0.226 e. The van der Waals surface area contributed by atoms with E-state index in [2.05, 4.69) is 10.3 Å². The summed E-state index contributed by atoms with van der Waals surface area (Å²) in [5, 5.41) is 2.83. The molecule has 0 atom stereocenters. The second kappa shape index (κ2) is 7.55. The number of amides is 1. The highest BCUT2D eigenvalue weighted by molar-refractivity contribution is 5.78. The lowest BCUT2D eigenvalue weighted by Gasteiger charge is -2.04. The SMILES string of the molecule is O=C(Cc1ccc(F)cc1)NCCc1coc(-c2ccccc2)n1. The normalized spacial score (nSPS) is 10.5. The number of nitrogens with zero attached hydrogens (tertiary/aromatic N) is 1. The minimum absolute atomic E-state index is 0.103. The quantitative estimate of drug-likeness (QED) is 0.756. The molecule has 0 saturated heterocycles. The zero-order chi connectivity index (χ0) is 16.8. The Bertz CT molecular complexity index is 798. The van der Waals surface area contributed by atoms with E-state index in [4.69, 9.17) is 4.42 Å². The van der Waals surface area contributed by atoms with Crippen LogP contribution in [0.15, 0.2) is 65.3 Å². The van der Waals surface area contributed by atoms with Crippen LogP contribution in [0.2, 0.25) is 0 Å². The predicted molar refractivity (Wildman–Crippen MR) is 88.8 cm³/mol. The summed E-state index contributed by atoms with van der Waals surface area (Å²) in [6, 6.07) is 15.6. The molecule has 122 valence electrons. The van der Waals surface area contributed by atoms with Gasteiger partial charge in [0.2, 0.25) is 11.8 Å². The molecule has 1 N–H and O–H groups in total. The van der Waals surface area contributed by atoms with Crippen molar-refractivity contribution in [1.29, 1.82) is 0 Å². The molecule has 0 bridgehead atoms. The summed E-state index contributed by atoms with van der Waals surface area (Å²) in [4.78, 5) is 16.3. The maximum Gasteiger partial charge on any atom is 0.226 e. The van der Waals surface area contributed by atoms with E-state index in [-0.39, 0.29) is 18.1 Å². The molecule has 3 rings (SSSR count). The van der Waals surface area contributed by atoms with Gasteiger partial charge in [-0.1, -0.05) is 30.3 Å². The minimum Gasteiger partial charge on any atom is -0.444 e. The first-order chi connectivity index (χ1) is 11.7. The van der Waals surface area contributed by atoms with Gasteiger partial charge in [0.25, 0.3) is 0 Å². The zero-order valence-corrected chi connectivity index (χ0v) is 13.0. The van der Waals surface area contributed by atoms with E-state index in [1.807, 2.05) is 30.3 Å². The van der Waals surface area contributed by atoms with Crippen molar-refractivity contribution in [2.45, 2.75) is 12.8 Å². The fourth-order valence-corrected chi connectivity index (χ4v) is 2.32. The molecule has 0 spiro atoms. The number of oxazole rings is 1. The fourth-order valence-electron chi connectivity index (χ4n) is 2.32. The van der Waals surface area contributed by atoms with Gasteiger partial charge in [-0.25, -0.2) is 9.37 Å². The number of carbonyl (C=O) groups excluding carboxylic acids is 1. The third-order valence-electron chi connectivity index (χ3n) is 3.55. The number of halogens is 1. The number of rotatable bonds is 6. The van der Waals surface area contributed by atoms with E-state index in [1.165, 1.54) is 12.1 Å². The largest absolute Gasteiger partial charge is 0.444 e. The van der Waals surface area contributed by atoms with Crippen molar-refractivity contribution < 1.29 is 13.6 Å². The highest BCUT2D eigenvalue weighted by Gasteiger charge is 2.07. The molecule has 0 saturated carbocycles. The van der Waals surface area contributed by atoms with E-state index in [9.17, 15) is 9.18 Å². The number of carbonyl (C=O) groups is 1. The standard InChI is InChI=1S/C19H17FN2O2/c20-16-8-6-14(7-9-16)12-18(23)21-11-10-17-13-24-19(22-17)15-4-2-1-3-5-15/h1-9,13H,10-12H2,(H,21,23). The Kier molecular flexibility index (Phi) is 5.01. The van der Waals surface area contributed by atoms with Crippen molar-refractivity contribution in [1.82, 2.24) is 10.3 Å². The molecule has 24 heavy (non-hydrogen) atoms. The van der Waals surface area contributed by atoms with Gasteiger partial charge in [-0.15, -0.1) is 0 Å². The van der Waals surface area contributed by atoms with Gasteiger partial charge in [0.05, 0.1) is 12.1 Å². The Hall–Kier alpha value is -2.95. The van der Waals surface area contributed by atoms with Gasteiger partial charge in [-0.3, -0.25) is 4.79 Å². The van der Waals surface area contributed by atoms with Gasteiger partial charge in [0.15, 0.2) is 0 Å². The second-order valence-electron chi connectivity index (χ2n) is 5.41. The first kappa shape index (κ1) is 15.9. The molecule has 0 unspecified atom stereocenters. The first-order valence-electron chi connectivity index (χ1n) is 7.72. The number of hydrogen-bond acceptors (Lipinski definition) is 3. The zero-order valence-electron chi connectivity index (χ0n) is 13.0. The van der Waals surface area contributed by atoms with Gasteiger partial charge < -0.3 is 9.73 Å². The monoisotopic (exact) mass is 324 g/mol. The Morgan fingerprint density at radius 1 is 1.08 bits per heavy atom. The van der Waals surface area contributed by atoms with Crippen molar-refractivity contribution in [3.05, 3.63) is 77.9 Å². The van der Waals surface area contributed by atoms with Crippen LogP contribution in [-0.2, 0) is 17.6 Å². The van der Waals surface area contributed by atoms with Gasteiger partial charge in [-0.2, -0.15) is 0 Å². The molecule has 1 aromatic heterocycles. The van der Waals surface area contributed by atoms with Crippen LogP contribution in [0.5, 0.6) is 0 Å². The lowest BCUT2D eigenvalue weighted by Crippen LogP contribution is -2.27. The van der Waals surface area contributed by atoms with Crippen molar-refractivity contribution >= 4 is 5.91 Å². The molecule has 5 heteroatoms. The van der Waals surface area contributed by atoms with Crippen molar-refractivity contribution in [3.8, 4) is 11.5 Å². The molecule has 1 heterocycles. The molecule has 0 radical (unpaired) electrons. The topological polar surface area (TPSA) is 55.1 Å². The third-order valence-corrected chi connectivity index (χ3v) is 3.55. The van der Waals surface area contributed by atoms with E-state index >= 15 is 0 Å². The lowest BCUT2D eigenvalue weighted by molar-refractivity contribution is -0.120. The Morgan fingerprint density at radius 2 is 1.83 bits per heavy atom. The summed E-state index contributed by atoms with van der Waals surface area (Å²) in [5.74, 6) is 0.163. The van der Waals surface area contributed by atoms with E-state index in [0.717, 1.165) is 16.8 Å². The summed E-state index contributed by atoms with van der Waals surface area (Å²) in [6.45, 7) is 0.473. The summed E-state index contributed by atoms with van der Waals surface area (Å²) >= 11 is 0. The van der Waals surface area contributed by atoms with E-state index in [1.54, 1.807) is 18.4 Å². The number of benzene rings is 2.